The Bertz CT molecular complexity index is 528. The molecule has 0 radical (unpaired) electrons. The number of hydrogen-bond donors (Lipinski definition) is 1. The van der Waals surface area contributed by atoms with Crippen LogP contribution in [-0.2, 0) is 6.54 Å². The number of nitrogen functional groups attached to an aromatic ring is 1. The van der Waals surface area contributed by atoms with Gasteiger partial charge in [-0.2, -0.15) is 5.10 Å². The molecule has 0 bridgehead atoms. The predicted molar refractivity (Wildman–Crippen MR) is 69.6 cm³/mol. The van der Waals surface area contributed by atoms with Gasteiger partial charge in [0.25, 0.3) is 0 Å². The normalized spacial score (nSPS) is 10.8. The van der Waals surface area contributed by atoms with Crippen LogP contribution in [0.25, 0.3) is 11.3 Å². The molecule has 0 fully saturated rings. The van der Waals surface area contributed by atoms with Gasteiger partial charge >= 0.3 is 0 Å². The third-order valence-corrected chi connectivity index (χ3v) is 2.71. The molecule has 2 aromatic rings. The van der Waals surface area contributed by atoms with E-state index in [2.05, 4.69) is 17.0 Å². The van der Waals surface area contributed by atoms with Crippen LogP contribution in [0.2, 0.25) is 0 Å². The van der Waals surface area contributed by atoms with Gasteiger partial charge in [0.15, 0.2) is 0 Å². The van der Waals surface area contributed by atoms with Crippen molar-refractivity contribution in [1.82, 2.24) is 14.8 Å². The zero-order valence-electron chi connectivity index (χ0n) is 10.6. The van der Waals surface area contributed by atoms with E-state index in [1.807, 2.05) is 37.0 Å². The van der Waals surface area contributed by atoms with Crippen LogP contribution in [0.4, 0.5) is 5.69 Å². The molecule has 0 saturated heterocycles. The monoisotopic (exact) mass is 230 g/mol. The van der Waals surface area contributed by atoms with E-state index in [-0.39, 0.29) is 0 Å². The quantitative estimate of drug-likeness (QED) is 0.881. The van der Waals surface area contributed by atoms with Crippen molar-refractivity contribution in [1.29, 1.82) is 0 Å². The molecule has 2 heterocycles. The average Bonchev–Trinajstić information content (AvgIpc) is 2.60. The molecule has 0 saturated carbocycles. The maximum atomic E-state index is 6.01. The van der Waals surface area contributed by atoms with Crippen LogP contribution in [0, 0.1) is 13.8 Å². The largest absolute Gasteiger partial charge is 0.397 e. The Morgan fingerprint density at radius 2 is 2.12 bits per heavy atom. The first-order valence-corrected chi connectivity index (χ1v) is 5.88. The van der Waals surface area contributed by atoms with Gasteiger partial charge in [-0.05, 0) is 31.9 Å². The van der Waals surface area contributed by atoms with E-state index < -0.39 is 0 Å². The smallest absolute Gasteiger partial charge is 0.0965 e. The summed E-state index contributed by atoms with van der Waals surface area (Å²) in [7, 11) is 0. The molecule has 0 atom stereocenters. The number of anilines is 1. The van der Waals surface area contributed by atoms with E-state index in [9.17, 15) is 0 Å². The standard InChI is InChI=1S/C13H18N4/c1-4-5-17-8-11(10(3)16-17)13-12(14)6-9(2)7-15-13/h6-8H,4-5,14H2,1-3H3. The summed E-state index contributed by atoms with van der Waals surface area (Å²) >= 11 is 0. The molecular formula is C13H18N4. The fraction of sp³-hybridized carbons (Fsp3) is 0.385. The summed E-state index contributed by atoms with van der Waals surface area (Å²) in [5, 5.41) is 4.46. The number of rotatable bonds is 3. The van der Waals surface area contributed by atoms with Crippen molar-refractivity contribution in [2.24, 2.45) is 0 Å². The molecule has 0 aliphatic heterocycles. The van der Waals surface area contributed by atoms with Crippen LogP contribution >= 0.6 is 0 Å². The highest BCUT2D eigenvalue weighted by atomic mass is 15.3. The molecule has 4 heteroatoms. The molecule has 0 amide bonds. The highest BCUT2D eigenvalue weighted by molar-refractivity contribution is 5.73. The first-order valence-electron chi connectivity index (χ1n) is 5.88. The molecule has 4 nitrogen and oxygen atoms in total. The lowest BCUT2D eigenvalue weighted by molar-refractivity contribution is 0.598. The van der Waals surface area contributed by atoms with Crippen LogP contribution in [0.1, 0.15) is 24.6 Å². The summed E-state index contributed by atoms with van der Waals surface area (Å²) in [5.74, 6) is 0. The molecule has 2 N–H and O–H groups in total. The first kappa shape index (κ1) is 11.6. The Morgan fingerprint density at radius 3 is 2.76 bits per heavy atom. The Morgan fingerprint density at radius 1 is 1.35 bits per heavy atom. The van der Waals surface area contributed by atoms with Crippen molar-refractivity contribution >= 4 is 5.69 Å². The minimum absolute atomic E-state index is 0.712. The number of nitrogens with two attached hydrogens (primary N) is 1. The number of nitrogens with zero attached hydrogens (tertiary/aromatic N) is 3. The topological polar surface area (TPSA) is 56.7 Å². The Kier molecular flexibility index (Phi) is 3.13. The van der Waals surface area contributed by atoms with E-state index in [1.54, 1.807) is 0 Å². The second-order valence-electron chi connectivity index (χ2n) is 4.34. The zero-order chi connectivity index (χ0) is 12.4. The summed E-state index contributed by atoms with van der Waals surface area (Å²) in [6.07, 6.45) is 4.92. The van der Waals surface area contributed by atoms with Crippen LogP contribution < -0.4 is 5.73 Å². The van der Waals surface area contributed by atoms with Crippen LogP contribution in [-0.4, -0.2) is 14.8 Å². The molecule has 2 aromatic heterocycles. The minimum atomic E-state index is 0.712. The molecule has 2 rings (SSSR count). The lowest BCUT2D eigenvalue weighted by Gasteiger charge is -2.03. The second kappa shape index (κ2) is 4.57. The van der Waals surface area contributed by atoms with E-state index in [0.717, 1.165) is 35.5 Å². The van der Waals surface area contributed by atoms with Crippen molar-refractivity contribution in [2.75, 3.05) is 5.73 Å². The van der Waals surface area contributed by atoms with Gasteiger partial charge in [-0.25, -0.2) is 0 Å². The van der Waals surface area contributed by atoms with Crippen molar-refractivity contribution < 1.29 is 0 Å². The second-order valence-corrected chi connectivity index (χ2v) is 4.34. The maximum absolute atomic E-state index is 6.01. The molecule has 0 aromatic carbocycles. The van der Waals surface area contributed by atoms with E-state index in [4.69, 9.17) is 5.73 Å². The van der Waals surface area contributed by atoms with Crippen molar-refractivity contribution in [3.8, 4) is 11.3 Å². The molecule has 90 valence electrons. The highest BCUT2D eigenvalue weighted by Gasteiger charge is 2.11. The number of hydrogen-bond acceptors (Lipinski definition) is 3. The van der Waals surface area contributed by atoms with Gasteiger partial charge in [0.1, 0.15) is 0 Å². The fourth-order valence-electron chi connectivity index (χ4n) is 1.91. The molecule has 0 aliphatic rings. The van der Waals surface area contributed by atoms with Crippen LogP contribution in [0.5, 0.6) is 0 Å². The molecule has 0 spiro atoms. The van der Waals surface area contributed by atoms with Gasteiger partial charge in [0.2, 0.25) is 0 Å². The van der Waals surface area contributed by atoms with Crippen molar-refractivity contribution in [2.45, 2.75) is 33.7 Å². The highest BCUT2D eigenvalue weighted by Crippen LogP contribution is 2.26. The Balaban J connectivity index is 2.45. The molecular weight excluding hydrogens is 212 g/mol. The van der Waals surface area contributed by atoms with Crippen molar-refractivity contribution in [3.05, 3.63) is 29.7 Å². The van der Waals surface area contributed by atoms with E-state index in [1.165, 1.54) is 0 Å². The molecule has 0 unspecified atom stereocenters. The SMILES string of the molecule is CCCn1cc(-c2ncc(C)cc2N)c(C)n1. The average molecular weight is 230 g/mol. The van der Waals surface area contributed by atoms with E-state index in [0.29, 0.717) is 5.69 Å². The van der Waals surface area contributed by atoms with Crippen LogP contribution in [0.15, 0.2) is 18.5 Å². The summed E-state index contributed by atoms with van der Waals surface area (Å²) in [6, 6.07) is 1.94. The van der Waals surface area contributed by atoms with Gasteiger partial charge in [-0.3, -0.25) is 9.67 Å². The maximum Gasteiger partial charge on any atom is 0.0965 e. The summed E-state index contributed by atoms with van der Waals surface area (Å²) < 4.78 is 1.95. The predicted octanol–water partition coefficient (Wildman–Crippen LogP) is 2.55. The third kappa shape index (κ3) is 2.30. The number of aryl methyl sites for hydroxylation is 3. The van der Waals surface area contributed by atoms with Gasteiger partial charge in [0, 0.05) is 24.5 Å². The van der Waals surface area contributed by atoms with Gasteiger partial charge in [0.05, 0.1) is 17.1 Å². The van der Waals surface area contributed by atoms with Gasteiger partial charge < -0.3 is 5.73 Å². The van der Waals surface area contributed by atoms with Gasteiger partial charge in [-0.1, -0.05) is 6.92 Å². The Labute approximate surface area is 101 Å². The Hall–Kier alpha value is -1.84. The first-order chi connectivity index (χ1) is 8.11. The number of pyridine rings is 1. The minimum Gasteiger partial charge on any atom is -0.397 e. The lowest BCUT2D eigenvalue weighted by Crippen LogP contribution is -1.96. The van der Waals surface area contributed by atoms with Crippen molar-refractivity contribution in [3.63, 3.8) is 0 Å². The molecule has 17 heavy (non-hydrogen) atoms. The number of aromatic nitrogens is 3. The van der Waals surface area contributed by atoms with Crippen LogP contribution in [0.3, 0.4) is 0 Å². The summed E-state index contributed by atoms with van der Waals surface area (Å²) in [5.41, 5.74) is 10.6. The molecule has 0 aliphatic carbocycles. The third-order valence-electron chi connectivity index (χ3n) is 2.71. The van der Waals surface area contributed by atoms with Gasteiger partial charge in [-0.15, -0.1) is 0 Å². The summed E-state index contributed by atoms with van der Waals surface area (Å²) in [4.78, 5) is 4.40. The fourth-order valence-corrected chi connectivity index (χ4v) is 1.91. The summed E-state index contributed by atoms with van der Waals surface area (Å²) in [6.45, 7) is 7.03. The zero-order valence-corrected chi connectivity index (χ0v) is 10.6. The van der Waals surface area contributed by atoms with E-state index >= 15 is 0 Å². The lowest BCUT2D eigenvalue weighted by atomic mass is 10.1.